The van der Waals surface area contributed by atoms with E-state index in [0.29, 0.717) is 0 Å². The van der Waals surface area contributed by atoms with Crippen molar-refractivity contribution in [2.75, 3.05) is 6.54 Å². The van der Waals surface area contributed by atoms with Crippen LogP contribution in [0.3, 0.4) is 0 Å². The van der Waals surface area contributed by atoms with Crippen LogP contribution in [0.4, 0.5) is 0 Å². The minimum Gasteiger partial charge on any atom is -0.480 e. The van der Waals surface area contributed by atoms with Gasteiger partial charge in [0.15, 0.2) is 0 Å². The molecule has 1 aliphatic rings. The van der Waals surface area contributed by atoms with E-state index in [0.717, 1.165) is 19.4 Å². The molecule has 0 spiro atoms. The van der Waals surface area contributed by atoms with Crippen LogP contribution in [0, 0.1) is 5.92 Å². The van der Waals surface area contributed by atoms with Crippen LogP contribution in [0.1, 0.15) is 26.7 Å². The smallest absolute Gasteiger partial charge is 0.324 e. The molecule has 0 aliphatic carbocycles. The van der Waals surface area contributed by atoms with Crippen molar-refractivity contribution in [1.82, 2.24) is 5.32 Å². The second-order valence-electron chi connectivity index (χ2n) is 3.46. The van der Waals surface area contributed by atoms with Gasteiger partial charge in [-0.15, -0.1) is 0 Å². The third-order valence-corrected chi connectivity index (χ3v) is 2.56. The first-order valence-electron chi connectivity index (χ1n) is 4.08. The molecule has 1 saturated heterocycles. The van der Waals surface area contributed by atoms with E-state index >= 15 is 0 Å². The van der Waals surface area contributed by atoms with Gasteiger partial charge in [0.25, 0.3) is 0 Å². The lowest BCUT2D eigenvalue weighted by atomic mass is 9.85. The number of carboxylic acid groups (broad SMARTS) is 1. The van der Waals surface area contributed by atoms with Gasteiger partial charge >= 0.3 is 5.97 Å². The molecule has 0 radical (unpaired) electrons. The number of carboxylic acids is 1. The van der Waals surface area contributed by atoms with Crippen molar-refractivity contribution in [2.24, 2.45) is 5.92 Å². The second-order valence-corrected chi connectivity index (χ2v) is 3.46. The average Bonchev–Trinajstić information content (AvgIpc) is 2.34. The van der Waals surface area contributed by atoms with E-state index in [1.54, 1.807) is 0 Å². The summed E-state index contributed by atoms with van der Waals surface area (Å²) in [5.41, 5.74) is -0.639. The quantitative estimate of drug-likeness (QED) is 0.624. The molecule has 11 heavy (non-hydrogen) atoms. The van der Waals surface area contributed by atoms with Gasteiger partial charge in [-0.3, -0.25) is 4.79 Å². The molecule has 1 rings (SSSR count). The zero-order chi connectivity index (χ0) is 8.48. The van der Waals surface area contributed by atoms with Crippen LogP contribution >= 0.6 is 0 Å². The normalized spacial score (nSPS) is 31.2. The summed E-state index contributed by atoms with van der Waals surface area (Å²) >= 11 is 0. The van der Waals surface area contributed by atoms with Crippen LogP contribution in [-0.2, 0) is 4.79 Å². The molecule has 0 saturated carbocycles. The Labute approximate surface area is 66.8 Å². The number of nitrogens with one attached hydrogen (secondary N) is 1. The molecule has 0 aromatic rings. The SMILES string of the molecule is CC(C)[C@@]1(C(=O)O)CCCN1. The van der Waals surface area contributed by atoms with Gasteiger partial charge in [-0.2, -0.15) is 0 Å². The second kappa shape index (κ2) is 2.81. The van der Waals surface area contributed by atoms with Gasteiger partial charge in [-0.25, -0.2) is 0 Å². The third-order valence-electron chi connectivity index (χ3n) is 2.56. The van der Waals surface area contributed by atoms with Gasteiger partial charge in [0.05, 0.1) is 0 Å². The molecule has 1 fully saturated rings. The number of rotatable bonds is 2. The summed E-state index contributed by atoms with van der Waals surface area (Å²) in [5.74, 6) is -0.535. The van der Waals surface area contributed by atoms with Crippen molar-refractivity contribution < 1.29 is 9.90 Å². The highest BCUT2D eigenvalue weighted by molar-refractivity contribution is 5.79. The van der Waals surface area contributed by atoms with E-state index in [1.807, 2.05) is 13.8 Å². The molecule has 1 aliphatic heterocycles. The van der Waals surface area contributed by atoms with Gasteiger partial charge < -0.3 is 10.4 Å². The van der Waals surface area contributed by atoms with Gasteiger partial charge in [-0.05, 0) is 25.3 Å². The Morgan fingerprint density at radius 3 is 2.45 bits per heavy atom. The number of hydrogen-bond donors (Lipinski definition) is 2. The maximum atomic E-state index is 10.9. The Bertz CT molecular complexity index is 159. The van der Waals surface area contributed by atoms with Gasteiger partial charge in [0, 0.05) is 0 Å². The third kappa shape index (κ3) is 1.25. The lowest BCUT2D eigenvalue weighted by Gasteiger charge is -2.28. The molecular weight excluding hydrogens is 142 g/mol. The van der Waals surface area contributed by atoms with Crippen LogP contribution in [-0.4, -0.2) is 23.2 Å². The summed E-state index contributed by atoms with van der Waals surface area (Å²) in [5, 5.41) is 12.0. The van der Waals surface area contributed by atoms with Crippen molar-refractivity contribution in [3.8, 4) is 0 Å². The summed E-state index contributed by atoms with van der Waals surface area (Å²) in [6, 6.07) is 0. The van der Waals surface area contributed by atoms with Crippen molar-refractivity contribution >= 4 is 5.97 Å². The largest absolute Gasteiger partial charge is 0.480 e. The molecule has 0 aromatic carbocycles. The number of carbonyl (C=O) groups is 1. The highest BCUT2D eigenvalue weighted by Gasteiger charge is 2.43. The summed E-state index contributed by atoms with van der Waals surface area (Å²) in [7, 11) is 0. The zero-order valence-electron chi connectivity index (χ0n) is 7.05. The first-order chi connectivity index (χ1) is 5.09. The fourth-order valence-corrected chi connectivity index (χ4v) is 1.69. The molecule has 1 heterocycles. The van der Waals surface area contributed by atoms with Gasteiger partial charge in [0.2, 0.25) is 0 Å². The minimum absolute atomic E-state index is 0.169. The molecular formula is C8H15NO2. The van der Waals surface area contributed by atoms with Crippen LogP contribution in [0.25, 0.3) is 0 Å². The predicted molar refractivity (Wildman–Crippen MR) is 42.4 cm³/mol. The van der Waals surface area contributed by atoms with E-state index in [-0.39, 0.29) is 5.92 Å². The molecule has 2 N–H and O–H groups in total. The minimum atomic E-state index is -0.704. The standard InChI is InChI=1S/C8H15NO2/c1-6(2)8(7(10)11)4-3-5-9-8/h6,9H,3-5H2,1-2H3,(H,10,11)/t8-/m1/s1. The number of hydrogen-bond acceptors (Lipinski definition) is 2. The first kappa shape index (κ1) is 8.53. The predicted octanol–water partition coefficient (Wildman–Crippen LogP) is 0.849. The van der Waals surface area contributed by atoms with Crippen LogP contribution in [0.5, 0.6) is 0 Å². The van der Waals surface area contributed by atoms with E-state index in [2.05, 4.69) is 5.32 Å². The lowest BCUT2D eigenvalue weighted by molar-refractivity contribution is -0.146. The number of aliphatic carboxylic acids is 1. The van der Waals surface area contributed by atoms with Crippen LogP contribution < -0.4 is 5.32 Å². The zero-order valence-corrected chi connectivity index (χ0v) is 7.05. The van der Waals surface area contributed by atoms with Crippen molar-refractivity contribution in [1.29, 1.82) is 0 Å². The average molecular weight is 157 g/mol. The van der Waals surface area contributed by atoms with Crippen LogP contribution in [0.2, 0.25) is 0 Å². The molecule has 1 atom stereocenters. The topological polar surface area (TPSA) is 49.3 Å². The monoisotopic (exact) mass is 157 g/mol. The van der Waals surface area contributed by atoms with E-state index in [4.69, 9.17) is 5.11 Å². The molecule has 3 heteroatoms. The van der Waals surface area contributed by atoms with Gasteiger partial charge in [-0.1, -0.05) is 13.8 Å². The molecule has 0 unspecified atom stereocenters. The van der Waals surface area contributed by atoms with E-state index < -0.39 is 11.5 Å². The van der Waals surface area contributed by atoms with Gasteiger partial charge in [0.1, 0.15) is 5.54 Å². The Morgan fingerprint density at radius 1 is 1.64 bits per heavy atom. The maximum Gasteiger partial charge on any atom is 0.324 e. The summed E-state index contributed by atoms with van der Waals surface area (Å²) < 4.78 is 0. The fourth-order valence-electron chi connectivity index (χ4n) is 1.69. The maximum absolute atomic E-state index is 10.9. The Hall–Kier alpha value is -0.570. The summed E-state index contributed by atoms with van der Waals surface area (Å²) in [6.45, 7) is 4.74. The van der Waals surface area contributed by atoms with Crippen molar-refractivity contribution in [3.05, 3.63) is 0 Å². The Morgan fingerprint density at radius 2 is 2.27 bits per heavy atom. The molecule has 0 bridgehead atoms. The molecule has 0 amide bonds. The molecule has 64 valence electrons. The van der Waals surface area contributed by atoms with Crippen molar-refractivity contribution in [2.45, 2.75) is 32.2 Å². The van der Waals surface area contributed by atoms with E-state index in [1.165, 1.54) is 0 Å². The Balaban J connectivity index is 2.79. The Kier molecular flexibility index (Phi) is 2.18. The summed E-state index contributed by atoms with van der Waals surface area (Å²) in [4.78, 5) is 10.9. The van der Waals surface area contributed by atoms with E-state index in [9.17, 15) is 4.79 Å². The highest BCUT2D eigenvalue weighted by atomic mass is 16.4. The van der Waals surface area contributed by atoms with Crippen molar-refractivity contribution in [3.63, 3.8) is 0 Å². The highest BCUT2D eigenvalue weighted by Crippen LogP contribution is 2.27. The molecule has 3 nitrogen and oxygen atoms in total. The lowest BCUT2D eigenvalue weighted by Crippen LogP contribution is -2.51. The van der Waals surface area contributed by atoms with Crippen LogP contribution in [0.15, 0.2) is 0 Å². The first-order valence-corrected chi connectivity index (χ1v) is 4.08. The molecule has 0 aromatic heterocycles. The summed E-state index contributed by atoms with van der Waals surface area (Å²) in [6.07, 6.45) is 1.74. The fraction of sp³-hybridized carbons (Fsp3) is 0.875.